The molecule has 76 valence electrons. The molecular formula is C10H13NO3. The molecule has 1 aromatic carbocycles. The number of aliphatic hydroxyl groups is 1. The molecule has 1 aromatic rings. The third kappa shape index (κ3) is 3.45. The summed E-state index contributed by atoms with van der Waals surface area (Å²) in [4.78, 5) is 10.7. The summed E-state index contributed by atoms with van der Waals surface area (Å²) in [6, 6.07) is 7.02. The molecule has 4 nitrogen and oxygen atoms in total. The molecule has 0 heterocycles. The van der Waals surface area contributed by atoms with Crippen molar-refractivity contribution in [2.45, 2.75) is 6.92 Å². The van der Waals surface area contributed by atoms with E-state index in [-0.39, 0.29) is 19.1 Å². The zero-order chi connectivity index (χ0) is 10.4. The number of carbonyl (C=O) groups is 1. The maximum absolute atomic E-state index is 10.7. The Labute approximate surface area is 82.5 Å². The summed E-state index contributed by atoms with van der Waals surface area (Å²) in [5.74, 6) is 0.509. The molecule has 2 N–H and O–H groups in total. The molecule has 0 aromatic heterocycles. The minimum absolute atomic E-state index is 0.0234. The van der Waals surface area contributed by atoms with Gasteiger partial charge in [-0.25, -0.2) is 0 Å². The lowest BCUT2D eigenvalue weighted by atomic mass is 10.3. The van der Waals surface area contributed by atoms with Gasteiger partial charge in [0.1, 0.15) is 12.4 Å². The summed E-state index contributed by atoms with van der Waals surface area (Å²) in [7, 11) is 0. The zero-order valence-electron chi connectivity index (χ0n) is 7.99. The van der Waals surface area contributed by atoms with Gasteiger partial charge >= 0.3 is 0 Å². The van der Waals surface area contributed by atoms with E-state index in [1.807, 2.05) is 0 Å². The van der Waals surface area contributed by atoms with Gasteiger partial charge in [0.05, 0.1) is 6.61 Å². The molecule has 0 saturated carbocycles. The van der Waals surface area contributed by atoms with Gasteiger partial charge in [-0.15, -0.1) is 0 Å². The van der Waals surface area contributed by atoms with Crippen LogP contribution in [0, 0.1) is 0 Å². The van der Waals surface area contributed by atoms with Crippen LogP contribution in [0.15, 0.2) is 24.3 Å². The van der Waals surface area contributed by atoms with Crippen LogP contribution in [0.25, 0.3) is 0 Å². The van der Waals surface area contributed by atoms with Gasteiger partial charge in [0.15, 0.2) is 0 Å². The SMILES string of the molecule is CC(=O)Nc1cccc(OCCO)c1. The summed E-state index contributed by atoms with van der Waals surface area (Å²) >= 11 is 0. The van der Waals surface area contributed by atoms with Gasteiger partial charge in [0.25, 0.3) is 0 Å². The zero-order valence-corrected chi connectivity index (χ0v) is 7.99. The summed E-state index contributed by atoms with van der Waals surface area (Å²) in [6.07, 6.45) is 0. The van der Waals surface area contributed by atoms with E-state index in [1.165, 1.54) is 6.92 Å². The van der Waals surface area contributed by atoms with Gasteiger partial charge in [0, 0.05) is 18.7 Å². The number of nitrogens with one attached hydrogen (secondary N) is 1. The van der Waals surface area contributed by atoms with Gasteiger partial charge in [-0.05, 0) is 12.1 Å². The van der Waals surface area contributed by atoms with Crippen LogP contribution in [0.5, 0.6) is 5.75 Å². The van der Waals surface area contributed by atoms with Crippen molar-refractivity contribution in [3.8, 4) is 5.75 Å². The van der Waals surface area contributed by atoms with Crippen molar-refractivity contribution in [3.63, 3.8) is 0 Å². The van der Waals surface area contributed by atoms with Crippen LogP contribution in [-0.4, -0.2) is 24.2 Å². The molecule has 0 atom stereocenters. The third-order valence-electron chi connectivity index (χ3n) is 1.51. The Bertz CT molecular complexity index is 312. The molecule has 0 aliphatic carbocycles. The van der Waals surface area contributed by atoms with Crippen molar-refractivity contribution in [1.82, 2.24) is 0 Å². The second-order valence-electron chi connectivity index (χ2n) is 2.78. The fourth-order valence-corrected chi connectivity index (χ4v) is 1.03. The van der Waals surface area contributed by atoms with E-state index in [4.69, 9.17) is 9.84 Å². The molecule has 0 saturated heterocycles. The molecular weight excluding hydrogens is 182 g/mol. The van der Waals surface area contributed by atoms with Gasteiger partial charge in [-0.2, -0.15) is 0 Å². The van der Waals surface area contributed by atoms with Crippen molar-refractivity contribution in [3.05, 3.63) is 24.3 Å². The molecule has 14 heavy (non-hydrogen) atoms. The monoisotopic (exact) mass is 195 g/mol. The molecule has 0 spiro atoms. The normalized spacial score (nSPS) is 9.57. The van der Waals surface area contributed by atoms with E-state index in [0.717, 1.165) is 0 Å². The minimum atomic E-state index is -0.121. The minimum Gasteiger partial charge on any atom is -0.491 e. The fourth-order valence-electron chi connectivity index (χ4n) is 1.03. The second kappa shape index (κ2) is 5.24. The largest absolute Gasteiger partial charge is 0.491 e. The quantitative estimate of drug-likeness (QED) is 0.754. The average molecular weight is 195 g/mol. The first-order valence-corrected chi connectivity index (χ1v) is 4.33. The van der Waals surface area contributed by atoms with E-state index in [2.05, 4.69) is 5.32 Å². The Balaban J connectivity index is 2.63. The van der Waals surface area contributed by atoms with Crippen molar-refractivity contribution >= 4 is 11.6 Å². The van der Waals surface area contributed by atoms with Gasteiger partial charge in [-0.3, -0.25) is 4.79 Å². The van der Waals surface area contributed by atoms with E-state index < -0.39 is 0 Å². The lowest BCUT2D eigenvalue weighted by molar-refractivity contribution is -0.114. The smallest absolute Gasteiger partial charge is 0.221 e. The summed E-state index contributed by atoms with van der Waals surface area (Å²) in [5.41, 5.74) is 0.688. The Morgan fingerprint density at radius 1 is 1.57 bits per heavy atom. The van der Waals surface area contributed by atoms with Gasteiger partial charge < -0.3 is 15.2 Å². The molecule has 4 heteroatoms. The van der Waals surface area contributed by atoms with Crippen LogP contribution < -0.4 is 10.1 Å². The second-order valence-corrected chi connectivity index (χ2v) is 2.78. The lowest BCUT2D eigenvalue weighted by Crippen LogP contribution is -2.06. The number of hydrogen-bond acceptors (Lipinski definition) is 3. The van der Waals surface area contributed by atoms with Gasteiger partial charge in [-0.1, -0.05) is 6.07 Å². The first-order chi connectivity index (χ1) is 6.72. The highest BCUT2D eigenvalue weighted by Crippen LogP contribution is 2.16. The number of benzene rings is 1. The number of amides is 1. The number of hydrogen-bond donors (Lipinski definition) is 2. The Morgan fingerprint density at radius 2 is 2.36 bits per heavy atom. The number of anilines is 1. The van der Waals surface area contributed by atoms with E-state index in [1.54, 1.807) is 24.3 Å². The molecule has 1 rings (SSSR count). The maximum atomic E-state index is 10.7. The fraction of sp³-hybridized carbons (Fsp3) is 0.300. The lowest BCUT2D eigenvalue weighted by Gasteiger charge is -2.06. The molecule has 1 amide bonds. The number of carbonyl (C=O) groups excluding carboxylic acids is 1. The molecule has 0 bridgehead atoms. The Kier molecular flexibility index (Phi) is 3.94. The molecule has 0 fully saturated rings. The maximum Gasteiger partial charge on any atom is 0.221 e. The molecule has 0 unspecified atom stereocenters. The van der Waals surface area contributed by atoms with Crippen LogP contribution in [-0.2, 0) is 4.79 Å². The first kappa shape index (κ1) is 10.5. The average Bonchev–Trinajstić information content (AvgIpc) is 2.14. The van der Waals surface area contributed by atoms with Crippen molar-refractivity contribution in [2.24, 2.45) is 0 Å². The van der Waals surface area contributed by atoms with Crippen LogP contribution >= 0.6 is 0 Å². The number of ether oxygens (including phenoxy) is 1. The molecule has 0 aliphatic rings. The highest BCUT2D eigenvalue weighted by atomic mass is 16.5. The standard InChI is InChI=1S/C10H13NO3/c1-8(13)11-9-3-2-4-10(7-9)14-6-5-12/h2-4,7,12H,5-6H2,1H3,(H,11,13). The molecule has 0 aliphatic heterocycles. The van der Waals surface area contributed by atoms with Crippen LogP contribution in [0.2, 0.25) is 0 Å². The highest BCUT2D eigenvalue weighted by Gasteiger charge is 1.97. The van der Waals surface area contributed by atoms with Crippen molar-refractivity contribution in [1.29, 1.82) is 0 Å². The predicted octanol–water partition coefficient (Wildman–Crippen LogP) is 1.02. The first-order valence-electron chi connectivity index (χ1n) is 4.33. The third-order valence-corrected chi connectivity index (χ3v) is 1.51. The Morgan fingerprint density at radius 3 is 3.00 bits per heavy atom. The summed E-state index contributed by atoms with van der Waals surface area (Å²) in [5, 5.41) is 11.2. The predicted molar refractivity (Wildman–Crippen MR) is 53.3 cm³/mol. The number of rotatable bonds is 4. The highest BCUT2D eigenvalue weighted by molar-refractivity contribution is 5.88. The Hall–Kier alpha value is -1.55. The summed E-state index contributed by atoms with van der Waals surface area (Å²) < 4.78 is 5.18. The van der Waals surface area contributed by atoms with Crippen LogP contribution in [0.3, 0.4) is 0 Å². The number of aliphatic hydroxyl groups excluding tert-OH is 1. The summed E-state index contributed by atoms with van der Waals surface area (Å²) in [6.45, 7) is 1.68. The van der Waals surface area contributed by atoms with Crippen molar-refractivity contribution < 1.29 is 14.6 Å². The van der Waals surface area contributed by atoms with Crippen molar-refractivity contribution in [2.75, 3.05) is 18.5 Å². The topological polar surface area (TPSA) is 58.6 Å². The van der Waals surface area contributed by atoms with E-state index >= 15 is 0 Å². The van der Waals surface area contributed by atoms with E-state index in [9.17, 15) is 4.79 Å². The van der Waals surface area contributed by atoms with E-state index in [0.29, 0.717) is 11.4 Å². The van der Waals surface area contributed by atoms with Gasteiger partial charge in [0.2, 0.25) is 5.91 Å². The molecule has 0 radical (unpaired) electrons. The van der Waals surface area contributed by atoms with Crippen LogP contribution in [0.4, 0.5) is 5.69 Å². The van der Waals surface area contributed by atoms with Crippen LogP contribution in [0.1, 0.15) is 6.92 Å².